The highest BCUT2D eigenvalue weighted by Crippen LogP contribution is 2.44. The highest BCUT2D eigenvalue weighted by Gasteiger charge is 2.36. The van der Waals surface area contributed by atoms with Gasteiger partial charge in [-0.2, -0.15) is 0 Å². The molecule has 0 fully saturated rings. The predicted molar refractivity (Wildman–Crippen MR) is 141 cm³/mol. The first kappa shape index (κ1) is 29.3. The Bertz CT molecular complexity index is 1170. The number of ether oxygens (including phenoxy) is 3. The van der Waals surface area contributed by atoms with Crippen molar-refractivity contribution in [2.45, 2.75) is 51.6 Å². The van der Waals surface area contributed by atoms with Crippen molar-refractivity contribution >= 4 is 30.2 Å². The van der Waals surface area contributed by atoms with Crippen LogP contribution < -0.4 is 5.32 Å². The number of rotatable bonds is 12. The van der Waals surface area contributed by atoms with Gasteiger partial charge in [-0.15, -0.1) is 0 Å². The van der Waals surface area contributed by atoms with Gasteiger partial charge in [0, 0.05) is 19.3 Å². The van der Waals surface area contributed by atoms with Crippen LogP contribution in [-0.2, 0) is 33.4 Å². The van der Waals surface area contributed by atoms with Gasteiger partial charge < -0.3 is 24.3 Å². The zero-order chi connectivity index (χ0) is 28.5. The Morgan fingerprint density at radius 2 is 1.56 bits per heavy atom. The quantitative estimate of drug-likeness (QED) is 0.188. The standard InChI is InChI=1S/C29H34N2O8/c1-18(2)15-25(27(34)31(17-39-19(3)33)26(13-14-32)28(35)37-4)30-29(36)38-16-24-22-11-7-5-9-20(22)21-10-6-8-12-23(21)24/h5-12,14,18,24-26H,13,15-17H2,1-4H3,(H,30,36). The first-order chi connectivity index (χ1) is 18.7. The van der Waals surface area contributed by atoms with Crippen LogP contribution in [0.15, 0.2) is 48.5 Å². The van der Waals surface area contributed by atoms with Crippen LogP contribution in [0.5, 0.6) is 0 Å². The van der Waals surface area contributed by atoms with Crippen LogP contribution in [0.3, 0.4) is 0 Å². The molecule has 0 saturated heterocycles. The van der Waals surface area contributed by atoms with Gasteiger partial charge in [0.25, 0.3) is 0 Å². The fourth-order valence-corrected chi connectivity index (χ4v) is 4.72. The van der Waals surface area contributed by atoms with Crippen LogP contribution in [0, 0.1) is 5.92 Å². The van der Waals surface area contributed by atoms with Crippen molar-refractivity contribution in [3.63, 3.8) is 0 Å². The zero-order valence-electron chi connectivity index (χ0n) is 22.5. The van der Waals surface area contributed by atoms with E-state index in [0.717, 1.165) is 41.2 Å². The molecular weight excluding hydrogens is 504 g/mol. The van der Waals surface area contributed by atoms with Gasteiger partial charge in [-0.25, -0.2) is 9.59 Å². The summed E-state index contributed by atoms with van der Waals surface area (Å²) in [5, 5.41) is 2.61. The third-order valence-electron chi connectivity index (χ3n) is 6.50. The second kappa shape index (κ2) is 13.5. The number of esters is 2. The number of methoxy groups -OCH3 is 1. The molecule has 0 radical (unpaired) electrons. The fraction of sp³-hybridized carbons (Fsp3) is 0.414. The zero-order valence-corrected chi connectivity index (χ0v) is 22.5. The molecular formula is C29H34N2O8. The first-order valence-electron chi connectivity index (χ1n) is 12.7. The van der Waals surface area contributed by atoms with Crippen molar-refractivity contribution in [2.24, 2.45) is 5.92 Å². The molecule has 1 N–H and O–H groups in total. The minimum atomic E-state index is -1.33. The SMILES string of the molecule is COC(=O)C(CC=O)N(COC(C)=O)C(=O)C(CC(C)C)NC(=O)OCC1c2ccccc2-c2ccccc21. The minimum absolute atomic E-state index is 0.0361. The number of fused-ring (bicyclic) bond motifs is 3. The predicted octanol–water partition coefficient (Wildman–Crippen LogP) is 3.42. The third-order valence-corrected chi connectivity index (χ3v) is 6.50. The van der Waals surface area contributed by atoms with Gasteiger partial charge in [-0.05, 0) is 34.6 Å². The molecule has 2 aromatic rings. The number of hydrogen-bond donors (Lipinski definition) is 1. The second-order valence-electron chi connectivity index (χ2n) is 9.67. The number of alkyl carbamates (subject to hydrolysis) is 1. The molecule has 2 amide bonds. The van der Waals surface area contributed by atoms with Gasteiger partial charge >= 0.3 is 18.0 Å². The number of benzene rings is 2. The Labute approximate surface area is 227 Å². The maximum absolute atomic E-state index is 13.6. The molecule has 0 aliphatic heterocycles. The Kier molecular flexibility index (Phi) is 10.2. The summed E-state index contributed by atoms with van der Waals surface area (Å²) in [7, 11) is 1.12. The molecule has 10 nitrogen and oxygen atoms in total. The van der Waals surface area contributed by atoms with Gasteiger partial charge in [0.2, 0.25) is 5.91 Å². The summed E-state index contributed by atoms with van der Waals surface area (Å²) in [6.45, 7) is 4.33. The van der Waals surface area contributed by atoms with Gasteiger partial charge in [0.05, 0.1) is 7.11 Å². The summed E-state index contributed by atoms with van der Waals surface area (Å²) in [5.74, 6) is -2.46. The maximum Gasteiger partial charge on any atom is 0.407 e. The number of hydrogen-bond acceptors (Lipinski definition) is 8. The Morgan fingerprint density at radius 1 is 0.974 bits per heavy atom. The Balaban J connectivity index is 1.78. The Morgan fingerprint density at radius 3 is 2.08 bits per heavy atom. The molecule has 208 valence electrons. The molecule has 0 spiro atoms. The van der Waals surface area contributed by atoms with Crippen molar-refractivity contribution in [3.8, 4) is 11.1 Å². The second-order valence-corrected chi connectivity index (χ2v) is 9.67. The van der Waals surface area contributed by atoms with E-state index in [0.29, 0.717) is 6.29 Å². The number of carbonyl (C=O) groups is 5. The topological polar surface area (TPSA) is 128 Å². The summed E-state index contributed by atoms with van der Waals surface area (Å²) < 4.78 is 15.3. The number of amides is 2. The normalized spacial score (nSPS) is 13.5. The fourth-order valence-electron chi connectivity index (χ4n) is 4.72. The lowest BCUT2D eigenvalue weighted by molar-refractivity contribution is -0.164. The minimum Gasteiger partial charge on any atom is -0.467 e. The van der Waals surface area contributed by atoms with Crippen LogP contribution >= 0.6 is 0 Å². The average molecular weight is 539 g/mol. The molecule has 0 heterocycles. The van der Waals surface area contributed by atoms with E-state index in [1.54, 1.807) is 0 Å². The number of nitrogens with one attached hydrogen (secondary N) is 1. The molecule has 2 unspecified atom stereocenters. The van der Waals surface area contributed by atoms with Crippen LogP contribution in [-0.4, -0.2) is 67.7 Å². The molecule has 1 aliphatic carbocycles. The molecule has 0 saturated carbocycles. The van der Waals surface area contributed by atoms with Crippen molar-refractivity contribution < 1.29 is 38.2 Å². The Hall–Kier alpha value is -4.21. The van der Waals surface area contributed by atoms with E-state index >= 15 is 0 Å². The van der Waals surface area contributed by atoms with E-state index in [4.69, 9.17) is 14.2 Å². The lowest BCUT2D eigenvalue weighted by atomic mass is 9.98. The van der Waals surface area contributed by atoms with E-state index < -0.39 is 42.8 Å². The highest BCUT2D eigenvalue weighted by atomic mass is 16.6. The van der Waals surface area contributed by atoms with E-state index in [2.05, 4.69) is 5.32 Å². The van der Waals surface area contributed by atoms with Gasteiger partial charge in [0.15, 0.2) is 6.73 Å². The number of carbonyl (C=O) groups excluding carboxylic acids is 5. The molecule has 0 bridgehead atoms. The van der Waals surface area contributed by atoms with E-state index in [1.165, 1.54) is 0 Å². The van der Waals surface area contributed by atoms with Gasteiger partial charge in [0.1, 0.15) is 25.0 Å². The van der Waals surface area contributed by atoms with Crippen molar-refractivity contribution in [2.75, 3.05) is 20.4 Å². The number of nitrogens with zero attached hydrogens (tertiary/aromatic N) is 1. The van der Waals surface area contributed by atoms with Crippen molar-refractivity contribution in [3.05, 3.63) is 59.7 Å². The van der Waals surface area contributed by atoms with E-state index in [1.807, 2.05) is 62.4 Å². The lowest BCUT2D eigenvalue weighted by Crippen LogP contribution is -2.55. The van der Waals surface area contributed by atoms with Gasteiger partial charge in [-0.3, -0.25) is 14.5 Å². The molecule has 2 atom stereocenters. The summed E-state index contributed by atoms with van der Waals surface area (Å²) in [6.07, 6.45) is -0.520. The van der Waals surface area contributed by atoms with Crippen LogP contribution in [0.25, 0.3) is 11.1 Å². The molecule has 3 rings (SSSR count). The lowest BCUT2D eigenvalue weighted by Gasteiger charge is -2.32. The third kappa shape index (κ3) is 7.22. The summed E-state index contributed by atoms with van der Waals surface area (Å²) in [6, 6.07) is 13.4. The van der Waals surface area contributed by atoms with Gasteiger partial charge in [-0.1, -0.05) is 62.4 Å². The van der Waals surface area contributed by atoms with Crippen LogP contribution in [0.4, 0.5) is 4.79 Å². The summed E-state index contributed by atoms with van der Waals surface area (Å²) in [5.41, 5.74) is 4.26. The van der Waals surface area contributed by atoms with E-state index in [9.17, 15) is 24.0 Å². The summed E-state index contributed by atoms with van der Waals surface area (Å²) >= 11 is 0. The molecule has 0 aromatic heterocycles. The van der Waals surface area contributed by atoms with E-state index in [-0.39, 0.29) is 31.3 Å². The van der Waals surface area contributed by atoms with Crippen molar-refractivity contribution in [1.29, 1.82) is 0 Å². The first-order valence-corrected chi connectivity index (χ1v) is 12.7. The summed E-state index contributed by atoms with van der Waals surface area (Å²) in [4.78, 5) is 62.6. The monoisotopic (exact) mass is 538 g/mol. The largest absolute Gasteiger partial charge is 0.467 e. The number of aldehydes is 1. The highest BCUT2D eigenvalue weighted by molar-refractivity contribution is 5.91. The molecule has 39 heavy (non-hydrogen) atoms. The maximum atomic E-state index is 13.6. The smallest absolute Gasteiger partial charge is 0.407 e. The van der Waals surface area contributed by atoms with Crippen LogP contribution in [0.1, 0.15) is 50.7 Å². The van der Waals surface area contributed by atoms with Crippen LogP contribution in [0.2, 0.25) is 0 Å². The van der Waals surface area contributed by atoms with Crippen molar-refractivity contribution in [1.82, 2.24) is 10.2 Å². The molecule has 1 aliphatic rings. The molecule has 2 aromatic carbocycles. The average Bonchev–Trinajstić information content (AvgIpc) is 3.23. The molecule has 10 heteroatoms.